The number of carbonyl (C=O) groups is 1. The molecule has 0 unspecified atom stereocenters. The maximum absolute atomic E-state index is 13.2. The zero-order chi connectivity index (χ0) is 11.7. The van der Waals surface area contributed by atoms with Gasteiger partial charge in [-0.3, -0.25) is 9.78 Å². The van der Waals surface area contributed by atoms with E-state index in [-0.39, 0.29) is 12.2 Å². The molecule has 0 aliphatic heterocycles. The van der Waals surface area contributed by atoms with E-state index in [1.54, 1.807) is 12.1 Å². The highest BCUT2D eigenvalue weighted by atomic mass is 79.9. The Bertz CT molecular complexity index is 571. The number of benzene rings is 1. The van der Waals surface area contributed by atoms with Crippen molar-refractivity contribution in [1.82, 2.24) is 4.98 Å². The fourth-order valence-corrected chi connectivity index (χ4v) is 1.92. The molecule has 0 saturated heterocycles. The Labute approximate surface area is 99.1 Å². The van der Waals surface area contributed by atoms with Crippen molar-refractivity contribution in [1.29, 1.82) is 0 Å². The van der Waals surface area contributed by atoms with Gasteiger partial charge in [0.05, 0.1) is 16.4 Å². The van der Waals surface area contributed by atoms with Crippen LogP contribution in [0.4, 0.5) is 4.39 Å². The second-order valence-corrected chi connectivity index (χ2v) is 4.14. The van der Waals surface area contributed by atoms with Gasteiger partial charge in [0.2, 0.25) is 0 Å². The van der Waals surface area contributed by atoms with Crippen LogP contribution in [-0.2, 0) is 11.2 Å². The van der Waals surface area contributed by atoms with Gasteiger partial charge in [-0.05, 0) is 39.7 Å². The van der Waals surface area contributed by atoms with E-state index in [4.69, 9.17) is 5.11 Å². The van der Waals surface area contributed by atoms with Gasteiger partial charge in [-0.1, -0.05) is 0 Å². The average Bonchev–Trinajstić information content (AvgIpc) is 2.23. The third-order valence-corrected chi connectivity index (χ3v) is 2.91. The van der Waals surface area contributed by atoms with E-state index in [1.165, 1.54) is 12.3 Å². The third kappa shape index (κ3) is 2.04. The molecule has 0 aliphatic carbocycles. The van der Waals surface area contributed by atoms with Gasteiger partial charge >= 0.3 is 5.97 Å². The summed E-state index contributed by atoms with van der Waals surface area (Å²) in [5.41, 5.74) is 1.09. The second kappa shape index (κ2) is 4.17. The average molecular weight is 284 g/mol. The molecule has 0 spiro atoms. The van der Waals surface area contributed by atoms with Crippen molar-refractivity contribution < 1.29 is 14.3 Å². The number of hydrogen-bond donors (Lipinski definition) is 1. The highest BCUT2D eigenvalue weighted by molar-refractivity contribution is 9.10. The number of hydrogen-bond acceptors (Lipinski definition) is 2. The molecule has 5 heteroatoms. The molecule has 1 aromatic carbocycles. The first-order valence-electron chi connectivity index (χ1n) is 4.52. The summed E-state index contributed by atoms with van der Waals surface area (Å²) in [6.45, 7) is 0. The van der Waals surface area contributed by atoms with Crippen LogP contribution in [-0.4, -0.2) is 16.1 Å². The van der Waals surface area contributed by atoms with E-state index < -0.39 is 5.97 Å². The number of pyridine rings is 1. The number of halogens is 2. The van der Waals surface area contributed by atoms with Crippen molar-refractivity contribution >= 4 is 32.8 Å². The number of aromatic nitrogens is 1. The van der Waals surface area contributed by atoms with Crippen LogP contribution in [0.3, 0.4) is 0 Å². The van der Waals surface area contributed by atoms with Crippen LogP contribution in [0.1, 0.15) is 5.56 Å². The van der Waals surface area contributed by atoms with Crippen molar-refractivity contribution in [2.75, 3.05) is 0 Å². The van der Waals surface area contributed by atoms with E-state index in [1.807, 2.05) is 0 Å². The molecule has 0 radical (unpaired) electrons. The van der Waals surface area contributed by atoms with Gasteiger partial charge in [-0.2, -0.15) is 0 Å². The maximum atomic E-state index is 13.2. The third-order valence-electron chi connectivity index (χ3n) is 2.16. The molecule has 1 heterocycles. The Kier molecular flexibility index (Phi) is 2.87. The van der Waals surface area contributed by atoms with Crippen molar-refractivity contribution in [2.24, 2.45) is 0 Å². The Morgan fingerprint density at radius 3 is 2.94 bits per heavy atom. The highest BCUT2D eigenvalue weighted by Gasteiger charge is 2.08. The molecule has 0 aliphatic rings. The Morgan fingerprint density at radius 1 is 1.50 bits per heavy atom. The fourth-order valence-electron chi connectivity index (χ4n) is 1.46. The molecule has 1 N–H and O–H groups in total. The first-order valence-corrected chi connectivity index (χ1v) is 5.31. The fraction of sp³-hybridized carbons (Fsp3) is 0.0909. The van der Waals surface area contributed by atoms with Crippen molar-refractivity contribution in [3.05, 3.63) is 40.2 Å². The van der Waals surface area contributed by atoms with Gasteiger partial charge in [0.1, 0.15) is 5.82 Å². The van der Waals surface area contributed by atoms with E-state index in [0.29, 0.717) is 20.9 Å². The molecule has 0 atom stereocenters. The molecule has 2 rings (SSSR count). The molecule has 2 aromatic rings. The summed E-state index contributed by atoms with van der Waals surface area (Å²) in [5.74, 6) is -1.30. The molecule has 0 saturated carbocycles. The molecular weight excluding hydrogens is 277 g/mol. The standard InChI is InChI=1S/C11H7BrFNO2/c12-10-8(13)2-1-7-3-6(4-9(15)16)5-14-11(7)10/h1-3,5H,4H2,(H,15,16). The lowest BCUT2D eigenvalue weighted by Gasteiger charge is -2.03. The van der Waals surface area contributed by atoms with Crippen LogP contribution < -0.4 is 0 Å². The van der Waals surface area contributed by atoms with Crippen LogP contribution in [0.5, 0.6) is 0 Å². The van der Waals surface area contributed by atoms with Gasteiger partial charge in [0.15, 0.2) is 0 Å². The Hall–Kier alpha value is -1.49. The Balaban J connectivity index is 2.56. The number of aliphatic carboxylic acids is 1. The van der Waals surface area contributed by atoms with Gasteiger partial charge in [-0.15, -0.1) is 0 Å². The SMILES string of the molecule is O=C(O)Cc1cnc2c(Br)c(F)ccc2c1. The maximum Gasteiger partial charge on any atom is 0.307 e. The van der Waals surface area contributed by atoms with Crippen LogP contribution in [0.2, 0.25) is 0 Å². The number of carboxylic acid groups (broad SMARTS) is 1. The minimum Gasteiger partial charge on any atom is -0.481 e. The zero-order valence-electron chi connectivity index (χ0n) is 8.08. The summed E-state index contributed by atoms with van der Waals surface area (Å²) < 4.78 is 13.5. The minimum atomic E-state index is -0.915. The molecule has 1 aromatic heterocycles. The number of rotatable bonds is 2. The van der Waals surface area contributed by atoms with Crippen LogP contribution in [0.15, 0.2) is 28.9 Å². The molecule has 0 amide bonds. The number of fused-ring (bicyclic) bond motifs is 1. The largest absolute Gasteiger partial charge is 0.481 e. The monoisotopic (exact) mass is 283 g/mol. The van der Waals surface area contributed by atoms with Gasteiger partial charge < -0.3 is 5.11 Å². The number of carboxylic acids is 1. The first-order chi connectivity index (χ1) is 7.58. The summed E-state index contributed by atoms with van der Waals surface area (Å²) in [6, 6.07) is 4.59. The molecular formula is C11H7BrFNO2. The van der Waals surface area contributed by atoms with Gasteiger partial charge in [0, 0.05) is 11.6 Å². The summed E-state index contributed by atoms with van der Waals surface area (Å²) in [4.78, 5) is 14.6. The zero-order valence-corrected chi connectivity index (χ0v) is 9.66. The predicted octanol–water partition coefficient (Wildman–Crippen LogP) is 2.76. The van der Waals surface area contributed by atoms with Crippen molar-refractivity contribution in [3.63, 3.8) is 0 Å². The van der Waals surface area contributed by atoms with E-state index >= 15 is 0 Å². The van der Waals surface area contributed by atoms with Crippen LogP contribution in [0.25, 0.3) is 10.9 Å². The molecule has 82 valence electrons. The summed E-state index contributed by atoms with van der Waals surface area (Å²) in [5, 5.41) is 9.36. The second-order valence-electron chi connectivity index (χ2n) is 3.35. The molecule has 0 bridgehead atoms. The van der Waals surface area contributed by atoms with Gasteiger partial charge in [0.25, 0.3) is 0 Å². The topological polar surface area (TPSA) is 50.2 Å². The summed E-state index contributed by atoms with van der Waals surface area (Å²) in [7, 11) is 0. The van der Waals surface area contributed by atoms with E-state index in [2.05, 4.69) is 20.9 Å². The normalized spacial score (nSPS) is 10.6. The van der Waals surface area contributed by atoms with E-state index in [0.717, 1.165) is 0 Å². The van der Waals surface area contributed by atoms with E-state index in [9.17, 15) is 9.18 Å². The van der Waals surface area contributed by atoms with Crippen molar-refractivity contribution in [3.8, 4) is 0 Å². The highest BCUT2D eigenvalue weighted by Crippen LogP contribution is 2.25. The lowest BCUT2D eigenvalue weighted by molar-refractivity contribution is -0.136. The van der Waals surface area contributed by atoms with Crippen LogP contribution >= 0.6 is 15.9 Å². The van der Waals surface area contributed by atoms with Crippen LogP contribution in [0, 0.1) is 5.82 Å². The molecule has 3 nitrogen and oxygen atoms in total. The number of nitrogens with zero attached hydrogens (tertiary/aromatic N) is 1. The first kappa shape index (κ1) is 11.0. The van der Waals surface area contributed by atoms with Gasteiger partial charge in [-0.25, -0.2) is 4.39 Å². The smallest absolute Gasteiger partial charge is 0.307 e. The Morgan fingerprint density at radius 2 is 2.25 bits per heavy atom. The predicted molar refractivity (Wildman–Crippen MR) is 60.7 cm³/mol. The molecule has 16 heavy (non-hydrogen) atoms. The lowest BCUT2D eigenvalue weighted by Crippen LogP contribution is -2.00. The minimum absolute atomic E-state index is 0.0854. The summed E-state index contributed by atoms with van der Waals surface area (Å²) in [6.07, 6.45) is 1.36. The molecule has 0 fully saturated rings. The van der Waals surface area contributed by atoms with Crippen molar-refractivity contribution in [2.45, 2.75) is 6.42 Å². The summed E-state index contributed by atoms with van der Waals surface area (Å²) >= 11 is 3.10. The lowest BCUT2D eigenvalue weighted by atomic mass is 10.1. The quantitative estimate of drug-likeness (QED) is 0.922.